The molecule has 0 aliphatic carbocycles. The number of hydrogen-bond donors (Lipinski definition) is 1. The first kappa shape index (κ1) is 15.1. The SMILES string of the molecule is COC(C)(C)CCOCc1cc(N)cc2c1OCOC2. The third-order valence-electron chi connectivity index (χ3n) is 3.47. The highest BCUT2D eigenvalue weighted by atomic mass is 16.7. The number of nitrogens with two attached hydrogens (primary N) is 1. The lowest BCUT2D eigenvalue weighted by molar-refractivity contribution is -0.0219. The molecule has 1 aliphatic rings. The van der Waals surface area contributed by atoms with Crippen molar-refractivity contribution in [2.45, 2.75) is 39.1 Å². The third-order valence-corrected chi connectivity index (χ3v) is 3.47. The van der Waals surface area contributed by atoms with Gasteiger partial charge in [0.25, 0.3) is 0 Å². The van der Waals surface area contributed by atoms with Crippen molar-refractivity contribution in [2.75, 3.05) is 26.2 Å². The minimum atomic E-state index is -0.167. The smallest absolute Gasteiger partial charge is 0.189 e. The van der Waals surface area contributed by atoms with Crippen molar-refractivity contribution in [1.82, 2.24) is 0 Å². The van der Waals surface area contributed by atoms with Crippen LogP contribution in [0.25, 0.3) is 0 Å². The Morgan fingerprint density at radius 1 is 1.35 bits per heavy atom. The van der Waals surface area contributed by atoms with Gasteiger partial charge in [-0.25, -0.2) is 0 Å². The van der Waals surface area contributed by atoms with E-state index in [1.54, 1.807) is 7.11 Å². The van der Waals surface area contributed by atoms with Crippen LogP contribution in [-0.4, -0.2) is 26.1 Å². The van der Waals surface area contributed by atoms with Crippen molar-refractivity contribution in [3.8, 4) is 5.75 Å². The Hall–Kier alpha value is -1.30. The molecule has 5 heteroatoms. The van der Waals surface area contributed by atoms with Gasteiger partial charge in [-0.1, -0.05) is 0 Å². The lowest BCUT2D eigenvalue weighted by Crippen LogP contribution is -2.24. The predicted molar refractivity (Wildman–Crippen MR) is 76.5 cm³/mol. The average Bonchev–Trinajstić information content (AvgIpc) is 2.43. The number of ether oxygens (including phenoxy) is 4. The summed E-state index contributed by atoms with van der Waals surface area (Å²) in [6.45, 7) is 6.00. The fourth-order valence-corrected chi connectivity index (χ4v) is 2.04. The summed E-state index contributed by atoms with van der Waals surface area (Å²) < 4.78 is 21.9. The molecule has 0 unspecified atom stereocenters. The zero-order valence-corrected chi connectivity index (χ0v) is 12.4. The molecule has 1 aromatic rings. The second-order valence-electron chi connectivity index (χ2n) is 5.55. The summed E-state index contributed by atoms with van der Waals surface area (Å²) in [5, 5.41) is 0. The van der Waals surface area contributed by atoms with Gasteiger partial charge in [0.1, 0.15) is 5.75 Å². The molecule has 1 heterocycles. The average molecular weight is 281 g/mol. The first-order valence-electron chi connectivity index (χ1n) is 6.76. The number of rotatable bonds is 6. The molecule has 0 spiro atoms. The van der Waals surface area contributed by atoms with Crippen molar-refractivity contribution in [1.29, 1.82) is 0 Å². The minimum absolute atomic E-state index is 0.167. The molecule has 0 saturated heterocycles. The largest absolute Gasteiger partial charge is 0.467 e. The monoisotopic (exact) mass is 281 g/mol. The number of nitrogen functional groups attached to an aromatic ring is 1. The van der Waals surface area contributed by atoms with Crippen LogP contribution in [0, 0.1) is 0 Å². The Balaban J connectivity index is 1.94. The Bertz CT molecular complexity index is 459. The van der Waals surface area contributed by atoms with E-state index >= 15 is 0 Å². The molecule has 112 valence electrons. The molecule has 0 bridgehead atoms. The van der Waals surface area contributed by atoms with E-state index in [4.69, 9.17) is 24.7 Å². The van der Waals surface area contributed by atoms with Crippen LogP contribution in [0.4, 0.5) is 5.69 Å². The maximum absolute atomic E-state index is 5.89. The van der Waals surface area contributed by atoms with Gasteiger partial charge in [0, 0.05) is 30.5 Å². The van der Waals surface area contributed by atoms with E-state index in [1.807, 2.05) is 26.0 Å². The van der Waals surface area contributed by atoms with Crippen LogP contribution < -0.4 is 10.5 Å². The molecule has 2 rings (SSSR count). The Labute approximate surface area is 120 Å². The molecule has 0 atom stereocenters. The van der Waals surface area contributed by atoms with Crippen LogP contribution >= 0.6 is 0 Å². The normalized spacial score (nSPS) is 14.8. The van der Waals surface area contributed by atoms with E-state index in [1.165, 1.54) is 0 Å². The highest BCUT2D eigenvalue weighted by molar-refractivity contribution is 5.53. The highest BCUT2D eigenvalue weighted by Gasteiger charge is 2.18. The van der Waals surface area contributed by atoms with Crippen molar-refractivity contribution >= 4 is 5.69 Å². The number of hydrogen-bond acceptors (Lipinski definition) is 5. The summed E-state index contributed by atoms with van der Waals surface area (Å²) in [6, 6.07) is 3.78. The van der Waals surface area contributed by atoms with Crippen molar-refractivity contribution in [2.24, 2.45) is 0 Å². The molecule has 1 aliphatic heterocycles. The lowest BCUT2D eigenvalue weighted by atomic mass is 10.1. The second-order valence-corrected chi connectivity index (χ2v) is 5.55. The van der Waals surface area contributed by atoms with Gasteiger partial charge in [-0.2, -0.15) is 0 Å². The summed E-state index contributed by atoms with van der Waals surface area (Å²) in [5.41, 5.74) is 8.38. The van der Waals surface area contributed by atoms with Gasteiger partial charge in [-0.05, 0) is 32.4 Å². The topological polar surface area (TPSA) is 62.9 Å². The van der Waals surface area contributed by atoms with E-state index < -0.39 is 0 Å². The first-order valence-corrected chi connectivity index (χ1v) is 6.76. The van der Waals surface area contributed by atoms with E-state index in [0.717, 1.165) is 23.3 Å². The molecule has 0 radical (unpaired) electrons. The lowest BCUT2D eigenvalue weighted by Gasteiger charge is -2.23. The fraction of sp³-hybridized carbons (Fsp3) is 0.600. The Morgan fingerprint density at radius 2 is 2.15 bits per heavy atom. The van der Waals surface area contributed by atoms with Gasteiger partial charge in [0.05, 0.1) is 18.8 Å². The van der Waals surface area contributed by atoms with E-state index in [9.17, 15) is 0 Å². The van der Waals surface area contributed by atoms with Crippen LogP contribution in [-0.2, 0) is 27.4 Å². The Kier molecular flexibility index (Phi) is 4.86. The first-order chi connectivity index (χ1) is 9.52. The molecule has 2 N–H and O–H groups in total. The zero-order valence-electron chi connectivity index (χ0n) is 12.4. The summed E-state index contributed by atoms with van der Waals surface area (Å²) in [7, 11) is 1.71. The quantitative estimate of drug-likeness (QED) is 0.641. The molecule has 0 aromatic heterocycles. The van der Waals surface area contributed by atoms with Crippen molar-refractivity contribution in [3.05, 3.63) is 23.3 Å². The van der Waals surface area contributed by atoms with E-state index in [0.29, 0.717) is 25.5 Å². The van der Waals surface area contributed by atoms with Gasteiger partial charge in [-0.3, -0.25) is 0 Å². The maximum atomic E-state index is 5.89. The molecule has 0 amide bonds. The van der Waals surface area contributed by atoms with Gasteiger partial charge in [0.2, 0.25) is 0 Å². The van der Waals surface area contributed by atoms with Gasteiger partial charge < -0.3 is 24.7 Å². The minimum Gasteiger partial charge on any atom is -0.467 e. The highest BCUT2D eigenvalue weighted by Crippen LogP contribution is 2.31. The summed E-state index contributed by atoms with van der Waals surface area (Å²) in [4.78, 5) is 0. The van der Waals surface area contributed by atoms with Crippen LogP contribution in [0.5, 0.6) is 5.75 Å². The number of methoxy groups -OCH3 is 1. The zero-order chi connectivity index (χ0) is 14.6. The van der Waals surface area contributed by atoms with E-state index in [2.05, 4.69) is 0 Å². The van der Waals surface area contributed by atoms with Gasteiger partial charge >= 0.3 is 0 Å². The summed E-state index contributed by atoms with van der Waals surface area (Å²) in [5.74, 6) is 0.844. The third kappa shape index (κ3) is 3.85. The Morgan fingerprint density at radius 3 is 2.90 bits per heavy atom. The molecule has 20 heavy (non-hydrogen) atoms. The fourth-order valence-electron chi connectivity index (χ4n) is 2.04. The van der Waals surface area contributed by atoms with Gasteiger partial charge in [0.15, 0.2) is 6.79 Å². The van der Waals surface area contributed by atoms with Gasteiger partial charge in [-0.15, -0.1) is 0 Å². The van der Waals surface area contributed by atoms with Crippen LogP contribution in [0.2, 0.25) is 0 Å². The second kappa shape index (κ2) is 6.43. The molecule has 1 aromatic carbocycles. The summed E-state index contributed by atoms with van der Waals surface area (Å²) >= 11 is 0. The number of benzene rings is 1. The number of anilines is 1. The van der Waals surface area contributed by atoms with E-state index in [-0.39, 0.29) is 12.4 Å². The predicted octanol–water partition coefficient (Wildman–Crippen LogP) is 2.47. The molecular weight excluding hydrogens is 258 g/mol. The van der Waals surface area contributed by atoms with Crippen LogP contribution in [0.15, 0.2) is 12.1 Å². The van der Waals surface area contributed by atoms with Crippen LogP contribution in [0.3, 0.4) is 0 Å². The molecule has 5 nitrogen and oxygen atoms in total. The van der Waals surface area contributed by atoms with Crippen molar-refractivity contribution < 1.29 is 18.9 Å². The summed E-state index contributed by atoms with van der Waals surface area (Å²) in [6.07, 6.45) is 0.831. The maximum Gasteiger partial charge on any atom is 0.189 e. The molecule has 0 fully saturated rings. The number of fused-ring (bicyclic) bond motifs is 1. The standard InChI is InChI=1S/C15H23NO4/c1-15(2,17-3)4-5-18-8-11-6-13(16)7-12-9-19-10-20-14(11)12/h6-7H,4-5,8-10,16H2,1-3H3. The van der Waals surface area contributed by atoms with Crippen LogP contribution in [0.1, 0.15) is 31.4 Å². The molecular formula is C15H23NO4. The molecule has 0 saturated carbocycles. The van der Waals surface area contributed by atoms with Crippen molar-refractivity contribution in [3.63, 3.8) is 0 Å².